The zero-order valence-electron chi connectivity index (χ0n) is 11.1. The van der Waals surface area contributed by atoms with Gasteiger partial charge in [-0.2, -0.15) is 10.2 Å². The molecule has 108 valence electrons. The number of carbonyl (C=O) groups is 1. The third kappa shape index (κ3) is 3.34. The van der Waals surface area contributed by atoms with Crippen molar-refractivity contribution in [1.29, 1.82) is 0 Å². The number of hydrogen-bond donors (Lipinski definition) is 1. The van der Waals surface area contributed by atoms with Gasteiger partial charge in [0.05, 0.1) is 18.0 Å². The summed E-state index contributed by atoms with van der Waals surface area (Å²) in [5, 5.41) is 11.6. The quantitative estimate of drug-likeness (QED) is 0.939. The van der Waals surface area contributed by atoms with E-state index in [1.807, 2.05) is 12.1 Å². The minimum atomic E-state index is -0.127. The molecule has 3 rings (SSSR count). The molecule has 0 saturated heterocycles. The number of carbonyl (C=O) groups excluding carboxylic acids is 1. The first-order valence-corrected chi connectivity index (χ1v) is 7.40. The zero-order chi connectivity index (χ0) is 14.8. The summed E-state index contributed by atoms with van der Waals surface area (Å²) in [5.41, 5.74) is 1.62. The van der Waals surface area contributed by atoms with Gasteiger partial charge >= 0.3 is 0 Å². The molecule has 1 heterocycles. The van der Waals surface area contributed by atoms with E-state index < -0.39 is 0 Å². The van der Waals surface area contributed by atoms with E-state index >= 15 is 0 Å². The molecule has 1 aromatic carbocycles. The van der Waals surface area contributed by atoms with Crippen molar-refractivity contribution in [2.75, 3.05) is 6.54 Å². The fourth-order valence-corrected chi connectivity index (χ4v) is 2.96. The predicted molar refractivity (Wildman–Crippen MR) is 81.7 cm³/mol. The van der Waals surface area contributed by atoms with Crippen LogP contribution in [-0.2, 0) is 0 Å². The molecule has 1 aliphatic rings. The van der Waals surface area contributed by atoms with E-state index in [0.29, 0.717) is 34.0 Å². The molecular weight excluding hydrogens is 309 g/mol. The highest BCUT2D eigenvalue weighted by molar-refractivity contribution is 6.35. The minimum absolute atomic E-state index is 0.127. The number of hydrogen-bond acceptors (Lipinski definition) is 3. The second-order valence-corrected chi connectivity index (χ2v) is 5.95. The Balaban J connectivity index is 1.56. The van der Waals surface area contributed by atoms with Crippen LogP contribution in [0, 0.1) is 5.92 Å². The van der Waals surface area contributed by atoms with Crippen LogP contribution in [-0.4, -0.2) is 22.6 Å². The van der Waals surface area contributed by atoms with Gasteiger partial charge < -0.3 is 5.32 Å². The molecule has 0 bridgehead atoms. The summed E-state index contributed by atoms with van der Waals surface area (Å²) < 4.78 is 0. The molecule has 1 N–H and O–H groups in total. The molecule has 1 aliphatic carbocycles. The van der Waals surface area contributed by atoms with E-state index in [4.69, 9.17) is 23.2 Å². The van der Waals surface area contributed by atoms with E-state index in [-0.39, 0.29) is 5.91 Å². The Morgan fingerprint density at radius 2 is 2.14 bits per heavy atom. The topological polar surface area (TPSA) is 54.9 Å². The van der Waals surface area contributed by atoms with Crippen LogP contribution < -0.4 is 5.32 Å². The van der Waals surface area contributed by atoms with Crippen LogP contribution in [0.1, 0.15) is 28.3 Å². The number of benzene rings is 1. The normalized spacial score (nSPS) is 20.1. The van der Waals surface area contributed by atoms with Crippen molar-refractivity contribution >= 4 is 29.1 Å². The van der Waals surface area contributed by atoms with Crippen LogP contribution in [0.25, 0.3) is 0 Å². The van der Waals surface area contributed by atoms with E-state index in [1.165, 1.54) is 12.4 Å². The second kappa shape index (κ2) is 6.00. The molecule has 1 fully saturated rings. The Kier molecular flexibility index (Phi) is 4.08. The number of nitrogens with one attached hydrogen (secondary N) is 1. The van der Waals surface area contributed by atoms with Gasteiger partial charge in [0.25, 0.3) is 5.91 Å². The Morgan fingerprint density at radius 1 is 1.29 bits per heavy atom. The fourth-order valence-electron chi connectivity index (χ4n) is 2.41. The molecule has 2 atom stereocenters. The number of nitrogens with zero attached hydrogens (tertiary/aromatic N) is 2. The van der Waals surface area contributed by atoms with Gasteiger partial charge in [-0.1, -0.05) is 29.3 Å². The number of halogens is 2. The van der Waals surface area contributed by atoms with Crippen LogP contribution in [0.15, 0.2) is 36.7 Å². The standard InChI is InChI=1S/C15H13Cl2N3O/c16-11-1-2-12(14(17)6-11)13-5-10(13)7-18-15(21)9-3-4-19-20-8-9/h1-4,6,8,10,13H,5,7H2,(H,18,21)/t10-,13+/m0/s1. The second-order valence-electron chi connectivity index (χ2n) is 5.11. The molecule has 0 radical (unpaired) electrons. The average molecular weight is 322 g/mol. The Hall–Kier alpha value is -1.65. The van der Waals surface area contributed by atoms with Crippen molar-refractivity contribution in [2.45, 2.75) is 12.3 Å². The van der Waals surface area contributed by atoms with Crippen molar-refractivity contribution < 1.29 is 4.79 Å². The lowest BCUT2D eigenvalue weighted by molar-refractivity contribution is 0.0951. The van der Waals surface area contributed by atoms with Crippen LogP contribution in [0.5, 0.6) is 0 Å². The van der Waals surface area contributed by atoms with Gasteiger partial charge in [0, 0.05) is 16.6 Å². The van der Waals surface area contributed by atoms with Crippen molar-refractivity contribution in [1.82, 2.24) is 15.5 Å². The predicted octanol–water partition coefficient (Wildman–Crippen LogP) is 3.32. The smallest absolute Gasteiger partial charge is 0.252 e. The molecule has 6 heteroatoms. The van der Waals surface area contributed by atoms with Gasteiger partial charge in [-0.05, 0) is 42.0 Å². The lowest BCUT2D eigenvalue weighted by Gasteiger charge is -2.06. The fraction of sp³-hybridized carbons (Fsp3) is 0.267. The van der Waals surface area contributed by atoms with E-state index in [0.717, 1.165) is 12.0 Å². The molecule has 0 aliphatic heterocycles. The summed E-state index contributed by atoms with van der Waals surface area (Å²) >= 11 is 12.1. The monoisotopic (exact) mass is 321 g/mol. The molecule has 21 heavy (non-hydrogen) atoms. The molecule has 1 aromatic heterocycles. The molecule has 1 amide bonds. The van der Waals surface area contributed by atoms with E-state index in [2.05, 4.69) is 15.5 Å². The molecular formula is C15H13Cl2N3O. The maximum atomic E-state index is 11.9. The Labute approximate surface area is 132 Å². The lowest BCUT2D eigenvalue weighted by Crippen LogP contribution is -2.26. The van der Waals surface area contributed by atoms with Crippen molar-refractivity contribution in [2.24, 2.45) is 5.92 Å². The molecule has 0 spiro atoms. The maximum Gasteiger partial charge on any atom is 0.252 e. The number of aromatic nitrogens is 2. The summed E-state index contributed by atoms with van der Waals surface area (Å²) in [6.45, 7) is 0.630. The summed E-state index contributed by atoms with van der Waals surface area (Å²) in [5.74, 6) is 0.686. The first kappa shape index (κ1) is 14.3. The van der Waals surface area contributed by atoms with Crippen LogP contribution >= 0.6 is 23.2 Å². The first-order chi connectivity index (χ1) is 10.1. The number of amides is 1. The Bertz CT molecular complexity index is 663. The summed E-state index contributed by atoms with van der Waals surface area (Å²) in [6.07, 6.45) is 3.98. The molecule has 1 saturated carbocycles. The van der Waals surface area contributed by atoms with Crippen LogP contribution in [0.2, 0.25) is 10.0 Å². The van der Waals surface area contributed by atoms with Crippen molar-refractivity contribution in [3.8, 4) is 0 Å². The van der Waals surface area contributed by atoms with Gasteiger partial charge in [-0.25, -0.2) is 0 Å². The maximum absolute atomic E-state index is 11.9. The highest BCUT2D eigenvalue weighted by atomic mass is 35.5. The van der Waals surface area contributed by atoms with E-state index in [9.17, 15) is 4.79 Å². The van der Waals surface area contributed by atoms with Crippen molar-refractivity contribution in [3.05, 3.63) is 57.8 Å². The first-order valence-electron chi connectivity index (χ1n) is 6.65. The third-order valence-electron chi connectivity index (χ3n) is 3.66. The molecule has 2 aromatic rings. The zero-order valence-corrected chi connectivity index (χ0v) is 12.6. The summed E-state index contributed by atoms with van der Waals surface area (Å²) in [4.78, 5) is 11.9. The SMILES string of the molecule is O=C(NC[C@@H]1C[C@H]1c1ccc(Cl)cc1Cl)c1ccnnc1. The number of rotatable bonds is 4. The minimum Gasteiger partial charge on any atom is -0.352 e. The molecule has 0 unspecified atom stereocenters. The van der Waals surface area contributed by atoms with Crippen molar-refractivity contribution in [3.63, 3.8) is 0 Å². The van der Waals surface area contributed by atoms with Crippen LogP contribution in [0.4, 0.5) is 0 Å². The summed E-state index contributed by atoms with van der Waals surface area (Å²) in [6, 6.07) is 7.21. The third-order valence-corrected chi connectivity index (χ3v) is 4.22. The Morgan fingerprint density at radius 3 is 2.86 bits per heavy atom. The highest BCUT2D eigenvalue weighted by Gasteiger charge is 2.39. The van der Waals surface area contributed by atoms with E-state index in [1.54, 1.807) is 12.1 Å². The van der Waals surface area contributed by atoms with Gasteiger partial charge in [0.1, 0.15) is 0 Å². The summed E-state index contributed by atoms with van der Waals surface area (Å²) in [7, 11) is 0. The molecule has 4 nitrogen and oxygen atoms in total. The van der Waals surface area contributed by atoms with Gasteiger partial charge in [-0.3, -0.25) is 4.79 Å². The lowest BCUT2D eigenvalue weighted by atomic mass is 10.1. The highest BCUT2D eigenvalue weighted by Crippen LogP contribution is 2.49. The van der Waals surface area contributed by atoms with Gasteiger partial charge in [-0.15, -0.1) is 0 Å². The van der Waals surface area contributed by atoms with Gasteiger partial charge in [0.2, 0.25) is 0 Å². The van der Waals surface area contributed by atoms with Gasteiger partial charge in [0.15, 0.2) is 0 Å². The largest absolute Gasteiger partial charge is 0.352 e. The average Bonchev–Trinajstić information content (AvgIpc) is 3.25. The van der Waals surface area contributed by atoms with Crippen LogP contribution in [0.3, 0.4) is 0 Å².